The summed E-state index contributed by atoms with van der Waals surface area (Å²) in [5, 5.41) is 2.02. The van der Waals surface area contributed by atoms with Crippen LogP contribution in [0.1, 0.15) is 93.8 Å². The van der Waals surface area contributed by atoms with E-state index in [0.29, 0.717) is 69.4 Å². The molecular weight excluding hydrogens is 1100 g/mol. The first-order valence-corrected chi connectivity index (χ1v) is 28.9. The smallest absolute Gasteiger partial charge is 0.330 e. The summed E-state index contributed by atoms with van der Waals surface area (Å²) in [5.74, 6) is 27.2. The molecule has 7 aromatic rings. The first-order chi connectivity index (χ1) is 43.0. The maximum atomic E-state index is 12.3. The van der Waals surface area contributed by atoms with Gasteiger partial charge in [-0.15, -0.1) is 0 Å². The number of esters is 4. The highest BCUT2D eigenvalue weighted by molar-refractivity contribution is 5.93. The summed E-state index contributed by atoms with van der Waals surface area (Å²) in [6, 6.07) is 44.7. The van der Waals surface area contributed by atoms with Gasteiger partial charge in [0.25, 0.3) is 0 Å². The molecule has 0 saturated carbocycles. The van der Waals surface area contributed by atoms with Crippen molar-refractivity contribution in [3.05, 3.63) is 250 Å². The second-order valence-electron chi connectivity index (χ2n) is 19.5. The molecule has 0 amide bonds. The van der Waals surface area contributed by atoms with Crippen molar-refractivity contribution in [3.8, 4) is 70.4 Å². The molecule has 444 valence electrons. The lowest BCUT2D eigenvalue weighted by Gasteiger charge is -2.08. The molecule has 0 aromatic heterocycles. The number of carbonyl (C=O) groups excluding carboxylic acids is 4. The van der Waals surface area contributed by atoms with Crippen LogP contribution in [0.3, 0.4) is 0 Å². The van der Waals surface area contributed by atoms with Crippen molar-refractivity contribution in [2.75, 3.05) is 52.9 Å². The van der Waals surface area contributed by atoms with Crippen LogP contribution in [0.4, 0.5) is 0 Å². The first-order valence-electron chi connectivity index (χ1n) is 28.9. The van der Waals surface area contributed by atoms with Crippen LogP contribution in [0.25, 0.3) is 10.8 Å². The predicted octanol–water partition coefficient (Wildman–Crippen LogP) is 13.1. The van der Waals surface area contributed by atoms with Gasteiger partial charge in [0, 0.05) is 94.5 Å². The highest BCUT2D eigenvalue weighted by atomic mass is 16.5. The minimum Gasteiger partial charge on any atom is -0.493 e. The Morgan fingerprint density at radius 1 is 0.375 bits per heavy atom. The molecule has 0 bridgehead atoms. The van der Waals surface area contributed by atoms with E-state index in [0.717, 1.165) is 96.3 Å². The van der Waals surface area contributed by atoms with E-state index in [-0.39, 0.29) is 26.4 Å². The molecule has 0 spiro atoms. The van der Waals surface area contributed by atoms with E-state index in [2.05, 4.69) is 85.6 Å². The Labute approximate surface area is 515 Å². The molecule has 7 rings (SSSR count). The van der Waals surface area contributed by atoms with Gasteiger partial charge in [0.15, 0.2) is 0 Å². The number of aryl methyl sites for hydroxylation is 3. The van der Waals surface area contributed by atoms with Crippen LogP contribution in [0.5, 0.6) is 23.0 Å². The molecule has 0 aliphatic rings. The number of rotatable bonds is 26. The van der Waals surface area contributed by atoms with Crippen LogP contribution in [-0.2, 0) is 44.5 Å². The fourth-order valence-corrected chi connectivity index (χ4v) is 8.33. The van der Waals surface area contributed by atoms with E-state index in [1.807, 2.05) is 135 Å². The number of hydrogen-bond acceptors (Lipinski definition) is 12. The summed E-state index contributed by atoms with van der Waals surface area (Å²) in [6.45, 7) is 15.2. The molecule has 7 aromatic carbocycles. The Bertz CT molecular complexity index is 3910. The monoisotopic (exact) mass is 1170 g/mol. The quantitative estimate of drug-likeness (QED) is 0.0127. The molecule has 0 fully saturated rings. The van der Waals surface area contributed by atoms with Gasteiger partial charge in [0.2, 0.25) is 0 Å². The number of carbonyl (C=O) groups is 4. The van der Waals surface area contributed by atoms with E-state index >= 15 is 0 Å². The Morgan fingerprint density at radius 2 is 0.716 bits per heavy atom. The summed E-state index contributed by atoms with van der Waals surface area (Å²) < 4.78 is 43.8. The van der Waals surface area contributed by atoms with Gasteiger partial charge < -0.3 is 37.9 Å². The number of ether oxygens (including phenoxy) is 8. The van der Waals surface area contributed by atoms with Crippen molar-refractivity contribution in [2.45, 2.75) is 52.9 Å². The van der Waals surface area contributed by atoms with E-state index in [9.17, 15) is 19.2 Å². The molecule has 0 atom stereocenters. The largest absolute Gasteiger partial charge is 0.493 e. The minimum atomic E-state index is -0.542. The summed E-state index contributed by atoms with van der Waals surface area (Å²) in [6.07, 6.45) is 10.5. The number of fused-ring (bicyclic) bond motifs is 1. The highest BCUT2D eigenvalue weighted by Gasteiger charge is 2.08. The Morgan fingerprint density at radius 3 is 1.14 bits per heavy atom. The van der Waals surface area contributed by atoms with Crippen molar-refractivity contribution in [2.24, 2.45) is 0 Å². The molecule has 0 unspecified atom stereocenters. The molecule has 0 saturated heterocycles. The lowest BCUT2D eigenvalue weighted by atomic mass is 9.99. The van der Waals surface area contributed by atoms with Crippen LogP contribution in [0.2, 0.25) is 0 Å². The van der Waals surface area contributed by atoms with Gasteiger partial charge in [-0.3, -0.25) is 0 Å². The third kappa shape index (κ3) is 21.9. The van der Waals surface area contributed by atoms with Crippen molar-refractivity contribution in [3.63, 3.8) is 0 Å². The van der Waals surface area contributed by atoms with Crippen LogP contribution < -0.4 is 18.9 Å². The fourth-order valence-electron chi connectivity index (χ4n) is 8.33. The highest BCUT2D eigenvalue weighted by Crippen LogP contribution is 2.25. The summed E-state index contributed by atoms with van der Waals surface area (Å²) in [7, 11) is 0. The topological polar surface area (TPSA) is 142 Å². The standard InChI is InChI=1S/C76H68O12/c1-6-61-55-60(22-21-58-25-39-67(40-26-58)81-45-13-49-85-73(77)7-2)24-30-64(61)29-23-59-27-41-68(42-28-59)82-46-14-51-87-75(79)19-11-12-20-76(80)88-52-16-48-84-70-44-38-63(57(5)54-70)32-34-66-36-35-65(71-17-9-10-18-72(66)71)33-31-62-37-43-69(53-56(62)4)83-47-15-50-86-74(78)8-3/h7-12,17-20,24-28,30,35-44,53-55H,2-3,6,13-16,45-52H2,1,4-5H3/b19-11-,20-12-. The van der Waals surface area contributed by atoms with E-state index in [4.69, 9.17) is 37.9 Å². The summed E-state index contributed by atoms with van der Waals surface area (Å²) in [4.78, 5) is 46.8. The van der Waals surface area contributed by atoms with Gasteiger partial charge in [-0.2, -0.15) is 0 Å². The van der Waals surface area contributed by atoms with Crippen LogP contribution >= 0.6 is 0 Å². The maximum absolute atomic E-state index is 12.3. The normalized spacial score (nSPS) is 10.4. The fraction of sp³-hybridized carbons (Fsp3) is 0.211. The molecule has 0 N–H and O–H groups in total. The zero-order valence-corrected chi connectivity index (χ0v) is 49.7. The third-order valence-corrected chi connectivity index (χ3v) is 13.0. The number of allylic oxidation sites excluding steroid dienone is 2. The molecule has 0 heterocycles. The van der Waals surface area contributed by atoms with Gasteiger partial charge >= 0.3 is 23.9 Å². The second-order valence-corrected chi connectivity index (χ2v) is 19.5. The zero-order valence-electron chi connectivity index (χ0n) is 49.7. The average Bonchev–Trinajstić information content (AvgIpc) is 2.12. The number of hydrogen-bond donors (Lipinski definition) is 0. The molecule has 12 nitrogen and oxygen atoms in total. The average molecular weight is 1170 g/mol. The Hall–Kier alpha value is -10.9. The van der Waals surface area contributed by atoms with Gasteiger partial charge in [-0.05, 0) is 163 Å². The van der Waals surface area contributed by atoms with Crippen molar-refractivity contribution in [1.29, 1.82) is 0 Å². The first kappa shape index (κ1) is 64.6. The van der Waals surface area contributed by atoms with E-state index < -0.39 is 23.9 Å². The molecule has 0 aliphatic carbocycles. The van der Waals surface area contributed by atoms with Crippen molar-refractivity contribution >= 4 is 34.6 Å². The van der Waals surface area contributed by atoms with Crippen LogP contribution in [0, 0.1) is 61.2 Å². The third-order valence-electron chi connectivity index (χ3n) is 13.0. The molecule has 0 aliphatic heterocycles. The summed E-state index contributed by atoms with van der Waals surface area (Å²) >= 11 is 0. The number of benzene rings is 7. The Kier molecular flexibility index (Phi) is 26.0. The summed E-state index contributed by atoms with van der Waals surface area (Å²) in [5.41, 5.74) is 10.1. The molecule has 88 heavy (non-hydrogen) atoms. The lowest BCUT2D eigenvalue weighted by molar-refractivity contribution is -0.139. The van der Waals surface area contributed by atoms with Gasteiger partial charge in [0.1, 0.15) is 23.0 Å². The van der Waals surface area contributed by atoms with Gasteiger partial charge in [-0.1, -0.05) is 104 Å². The maximum Gasteiger partial charge on any atom is 0.330 e. The van der Waals surface area contributed by atoms with Crippen LogP contribution in [-0.4, -0.2) is 76.7 Å². The molecule has 12 heteroatoms. The zero-order chi connectivity index (χ0) is 62.1. The SMILES string of the molecule is C=CC(=O)OCCCOc1ccc(C#Cc2ccc(C#Cc3ccc(OCCCOC(=O)/C=C\C=C/C(=O)OCCCOc4ccc(C#Cc5ccc(C#Cc6ccc(OCCCOC(=O)C=C)cc6C)c6ccccc56)c(C)c4)cc3)c(CC)c2)cc1. The van der Waals surface area contributed by atoms with Gasteiger partial charge in [-0.25, -0.2) is 19.2 Å². The molecule has 0 radical (unpaired) electrons. The lowest BCUT2D eigenvalue weighted by Crippen LogP contribution is -2.07. The molecular formula is C76H68O12. The predicted molar refractivity (Wildman–Crippen MR) is 342 cm³/mol. The van der Waals surface area contributed by atoms with Crippen molar-refractivity contribution < 1.29 is 57.1 Å². The van der Waals surface area contributed by atoms with Crippen LogP contribution in [0.15, 0.2) is 189 Å². The minimum absolute atomic E-state index is 0.158. The van der Waals surface area contributed by atoms with Crippen molar-refractivity contribution in [1.82, 2.24) is 0 Å². The van der Waals surface area contributed by atoms with E-state index in [1.54, 1.807) is 0 Å². The Balaban J connectivity index is 0.750. The second kappa shape index (κ2) is 35.4. The van der Waals surface area contributed by atoms with Gasteiger partial charge in [0.05, 0.1) is 52.9 Å². The van der Waals surface area contributed by atoms with E-state index in [1.165, 1.54) is 24.3 Å².